The van der Waals surface area contributed by atoms with Crippen molar-refractivity contribution in [3.63, 3.8) is 0 Å². The van der Waals surface area contributed by atoms with Gasteiger partial charge in [-0.3, -0.25) is 0 Å². The summed E-state index contributed by atoms with van der Waals surface area (Å²) in [6, 6.07) is 8.82. The fraction of sp³-hybridized carbons (Fsp3) is 0.412. The largest absolute Gasteiger partial charge is 0.310 e. The van der Waals surface area contributed by atoms with Crippen LogP contribution in [0.25, 0.3) is 11.4 Å². The SMILES string of the molecule is CCNC1CCCc2nc(-c3cccc(C)c3)ncc21. The summed E-state index contributed by atoms with van der Waals surface area (Å²) < 4.78 is 0. The number of nitrogens with zero attached hydrogens (tertiary/aromatic N) is 2. The Balaban J connectivity index is 1.97. The molecule has 1 aromatic carbocycles. The summed E-state index contributed by atoms with van der Waals surface area (Å²) in [5.41, 5.74) is 4.86. The van der Waals surface area contributed by atoms with Gasteiger partial charge in [0.2, 0.25) is 0 Å². The maximum atomic E-state index is 4.81. The standard InChI is InChI=1S/C17H21N3/c1-3-18-15-8-5-9-16-14(15)11-19-17(20-16)13-7-4-6-12(2)10-13/h4,6-7,10-11,15,18H,3,5,8-9H2,1-2H3. The molecule has 0 aliphatic heterocycles. The van der Waals surface area contributed by atoms with E-state index >= 15 is 0 Å². The first kappa shape index (κ1) is 13.3. The average molecular weight is 267 g/mol. The fourth-order valence-electron chi connectivity index (χ4n) is 2.93. The van der Waals surface area contributed by atoms with Crippen LogP contribution in [0.2, 0.25) is 0 Å². The van der Waals surface area contributed by atoms with Gasteiger partial charge in [-0.1, -0.05) is 30.7 Å². The van der Waals surface area contributed by atoms with Gasteiger partial charge in [-0.15, -0.1) is 0 Å². The molecule has 0 radical (unpaired) electrons. The molecule has 1 aliphatic rings. The van der Waals surface area contributed by atoms with E-state index < -0.39 is 0 Å². The first-order chi connectivity index (χ1) is 9.78. The summed E-state index contributed by atoms with van der Waals surface area (Å²) >= 11 is 0. The summed E-state index contributed by atoms with van der Waals surface area (Å²) in [4.78, 5) is 9.39. The molecule has 0 spiro atoms. The Morgan fingerprint density at radius 3 is 3.05 bits per heavy atom. The quantitative estimate of drug-likeness (QED) is 0.925. The Labute approximate surface area is 120 Å². The Hall–Kier alpha value is -1.74. The third-order valence-electron chi connectivity index (χ3n) is 3.91. The minimum absolute atomic E-state index is 0.426. The topological polar surface area (TPSA) is 37.8 Å². The van der Waals surface area contributed by atoms with Gasteiger partial charge >= 0.3 is 0 Å². The van der Waals surface area contributed by atoms with Crippen molar-refractivity contribution in [1.29, 1.82) is 0 Å². The van der Waals surface area contributed by atoms with Crippen LogP contribution in [0.1, 0.15) is 42.6 Å². The summed E-state index contributed by atoms with van der Waals surface area (Å²) in [6.45, 7) is 5.24. The molecule has 1 aromatic heterocycles. The van der Waals surface area contributed by atoms with Gasteiger partial charge in [-0.25, -0.2) is 9.97 Å². The zero-order valence-corrected chi connectivity index (χ0v) is 12.2. The van der Waals surface area contributed by atoms with Gasteiger partial charge in [-0.2, -0.15) is 0 Å². The van der Waals surface area contributed by atoms with E-state index in [1.807, 2.05) is 6.20 Å². The Morgan fingerprint density at radius 2 is 2.25 bits per heavy atom. The second-order valence-electron chi connectivity index (χ2n) is 5.47. The number of hydrogen-bond acceptors (Lipinski definition) is 3. The van der Waals surface area contributed by atoms with Crippen LogP contribution in [0.3, 0.4) is 0 Å². The van der Waals surface area contributed by atoms with Gasteiger partial charge in [0.25, 0.3) is 0 Å². The van der Waals surface area contributed by atoms with E-state index in [1.165, 1.54) is 29.7 Å². The van der Waals surface area contributed by atoms with Gasteiger partial charge in [-0.05, 0) is 38.8 Å². The molecule has 1 heterocycles. The highest BCUT2D eigenvalue weighted by atomic mass is 14.9. The van der Waals surface area contributed by atoms with Crippen LogP contribution in [0.15, 0.2) is 30.5 Å². The molecule has 20 heavy (non-hydrogen) atoms. The molecule has 0 saturated heterocycles. The molecule has 3 nitrogen and oxygen atoms in total. The number of aromatic nitrogens is 2. The number of fused-ring (bicyclic) bond motifs is 1. The number of rotatable bonds is 3. The molecular formula is C17H21N3. The van der Waals surface area contributed by atoms with Gasteiger partial charge in [0.1, 0.15) is 0 Å². The molecule has 1 aliphatic carbocycles. The van der Waals surface area contributed by atoms with Crippen molar-refractivity contribution < 1.29 is 0 Å². The molecule has 1 N–H and O–H groups in total. The molecular weight excluding hydrogens is 246 g/mol. The Kier molecular flexibility index (Phi) is 3.79. The number of aryl methyl sites for hydroxylation is 2. The molecule has 1 unspecified atom stereocenters. The van der Waals surface area contributed by atoms with Crippen molar-refractivity contribution in [2.45, 2.75) is 39.2 Å². The van der Waals surface area contributed by atoms with E-state index in [9.17, 15) is 0 Å². The van der Waals surface area contributed by atoms with Crippen molar-refractivity contribution >= 4 is 0 Å². The van der Waals surface area contributed by atoms with Crippen LogP contribution in [-0.2, 0) is 6.42 Å². The molecule has 0 fully saturated rings. The van der Waals surface area contributed by atoms with Crippen molar-refractivity contribution in [2.75, 3.05) is 6.54 Å². The number of nitrogens with one attached hydrogen (secondary N) is 1. The van der Waals surface area contributed by atoms with Crippen LogP contribution < -0.4 is 5.32 Å². The first-order valence-corrected chi connectivity index (χ1v) is 7.44. The lowest BCUT2D eigenvalue weighted by atomic mass is 9.92. The Bertz CT molecular complexity index is 607. The summed E-state index contributed by atoms with van der Waals surface area (Å²) in [5.74, 6) is 0.851. The smallest absolute Gasteiger partial charge is 0.159 e. The van der Waals surface area contributed by atoms with E-state index in [0.29, 0.717) is 6.04 Å². The molecule has 104 valence electrons. The Morgan fingerprint density at radius 1 is 1.35 bits per heavy atom. The predicted octanol–water partition coefficient (Wildman–Crippen LogP) is 3.44. The second kappa shape index (κ2) is 5.71. The number of hydrogen-bond donors (Lipinski definition) is 1. The first-order valence-electron chi connectivity index (χ1n) is 7.44. The van der Waals surface area contributed by atoms with E-state index in [4.69, 9.17) is 4.98 Å². The highest BCUT2D eigenvalue weighted by Gasteiger charge is 2.21. The molecule has 1 atom stereocenters. The van der Waals surface area contributed by atoms with Gasteiger partial charge < -0.3 is 5.32 Å². The third kappa shape index (κ3) is 2.59. The monoisotopic (exact) mass is 267 g/mol. The molecule has 0 saturated carbocycles. The maximum Gasteiger partial charge on any atom is 0.159 e. The van der Waals surface area contributed by atoms with Crippen LogP contribution in [0.4, 0.5) is 0 Å². The molecule has 2 aromatic rings. The van der Waals surface area contributed by atoms with Crippen LogP contribution in [0, 0.1) is 6.92 Å². The minimum Gasteiger partial charge on any atom is -0.310 e. The average Bonchev–Trinajstić information content (AvgIpc) is 2.47. The van der Waals surface area contributed by atoms with E-state index in [0.717, 1.165) is 24.4 Å². The number of benzene rings is 1. The third-order valence-corrected chi connectivity index (χ3v) is 3.91. The van der Waals surface area contributed by atoms with Gasteiger partial charge in [0.05, 0.1) is 0 Å². The summed E-state index contributed by atoms with van der Waals surface area (Å²) in [6.07, 6.45) is 5.48. The molecule has 0 bridgehead atoms. The highest BCUT2D eigenvalue weighted by molar-refractivity contribution is 5.56. The van der Waals surface area contributed by atoms with E-state index in [-0.39, 0.29) is 0 Å². The zero-order chi connectivity index (χ0) is 13.9. The summed E-state index contributed by atoms with van der Waals surface area (Å²) in [5, 5.41) is 3.53. The van der Waals surface area contributed by atoms with Crippen molar-refractivity contribution in [2.24, 2.45) is 0 Å². The predicted molar refractivity (Wildman–Crippen MR) is 81.6 cm³/mol. The van der Waals surface area contributed by atoms with Crippen LogP contribution >= 0.6 is 0 Å². The zero-order valence-electron chi connectivity index (χ0n) is 12.2. The molecule has 0 amide bonds. The second-order valence-corrected chi connectivity index (χ2v) is 5.47. The lowest BCUT2D eigenvalue weighted by Crippen LogP contribution is -2.25. The molecule has 3 heteroatoms. The normalized spacial score (nSPS) is 17.8. The van der Waals surface area contributed by atoms with E-state index in [1.54, 1.807) is 0 Å². The van der Waals surface area contributed by atoms with Crippen LogP contribution in [0.5, 0.6) is 0 Å². The highest BCUT2D eigenvalue weighted by Crippen LogP contribution is 2.29. The van der Waals surface area contributed by atoms with Crippen molar-refractivity contribution in [1.82, 2.24) is 15.3 Å². The minimum atomic E-state index is 0.426. The maximum absolute atomic E-state index is 4.81. The van der Waals surface area contributed by atoms with Crippen molar-refractivity contribution in [3.8, 4) is 11.4 Å². The lowest BCUT2D eigenvalue weighted by Gasteiger charge is -2.25. The lowest BCUT2D eigenvalue weighted by molar-refractivity contribution is 0.464. The van der Waals surface area contributed by atoms with Gasteiger partial charge in [0, 0.05) is 29.1 Å². The van der Waals surface area contributed by atoms with E-state index in [2.05, 4.69) is 48.4 Å². The van der Waals surface area contributed by atoms with Crippen molar-refractivity contribution in [3.05, 3.63) is 47.3 Å². The fourth-order valence-corrected chi connectivity index (χ4v) is 2.93. The summed E-state index contributed by atoms with van der Waals surface area (Å²) in [7, 11) is 0. The van der Waals surface area contributed by atoms with Gasteiger partial charge in [0.15, 0.2) is 5.82 Å². The molecule has 3 rings (SSSR count). The van der Waals surface area contributed by atoms with Crippen LogP contribution in [-0.4, -0.2) is 16.5 Å².